The number of nitrogens with one attached hydrogen (secondary N) is 1. The minimum atomic E-state index is -1.07. The normalized spacial score (nSPS) is 9.67. The first-order valence-electron chi connectivity index (χ1n) is 4.42. The SMILES string of the molecule is NCc1cccc(C(=O)NCC(=O)O)c1. The molecule has 5 heteroatoms. The molecule has 0 aromatic heterocycles. The average Bonchev–Trinajstić information content (AvgIpc) is 2.26. The molecule has 1 amide bonds. The van der Waals surface area contributed by atoms with E-state index in [0.29, 0.717) is 12.1 Å². The van der Waals surface area contributed by atoms with Gasteiger partial charge in [-0.2, -0.15) is 0 Å². The molecule has 0 aliphatic heterocycles. The monoisotopic (exact) mass is 208 g/mol. The largest absolute Gasteiger partial charge is 0.480 e. The molecule has 15 heavy (non-hydrogen) atoms. The first kappa shape index (κ1) is 11.2. The fraction of sp³-hybridized carbons (Fsp3) is 0.200. The van der Waals surface area contributed by atoms with Crippen molar-refractivity contribution in [2.45, 2.75) is 6.54 Å². The van der Waals surface area contributed by atoms with Gasteiger partial charge in [0.1, 0.15) is 6.54 Å². The molecule has 0 unspecified atom stereocenters. The molecule has 0 atom stereocenters. The first-order valence-corrected chi connectivity index (χ1v) is 4.42. The van der Waals surface area contributed by atoms with Gasteiger partial charge in [-0.15, -0.1) is 0 Å². The molecular weight excluding hydrogens is 196 g/mol. The van der Waals surface area contributed by atoms with E-state index in [0.717, 1.165) is 5.56 Å². The quantitative estimate of drug-likeness (QED) is 0.647. The van der Waals surface area contributed by atoms with Crippen LogP contribution in [0.25, 0.3) is 0 Å². The van der Waals surface area contributed by atoms with E-state index in [4.69, 9.17) is 10.8 Å². The zero-order valence-corrected chi connectivity index (χ0v) is 8.06. The van der Waals surface area contributed by atoms with Crippen molar-refractivity contribution < 1.29 is 14.7 Å². The molecule has 1 rings (SSSR count). The van der Waals surface area contributed by atoms with Crippen LogP contribution >= 0.6 is 0 Å². The van der Waals surface area contributed by atoms with Crippen molar-refractivity contribution in [3.05, 3.63) is 35.4 Å². The fourth-order valence-corrected chi connectivity index (χ4v) is 1.10. The topological polar surface area (TPSA) is 92.4 Å². The number of carboxylic acid groups (broad SMARTS) is 1. The van der Waals surface area contributed by atoms with Crippen molar-refractivity contribution in [1.82, 2.24) is 5.32 Å². The number of carbonyl (C=O) groups excluding carboxylic acids is 1. The molecule has 0 fully saturated rings. The molecule has 1 aromatic carbocycles. The number of carboxylic acids is 1. The van der Waals surface area contributed by atoms with Gasteiger partial charge >= 0.3 is 5.97 Å². The Morgan fingerprint density at radius 2 is 2.13 bits per heavy atom. The summed E-state index contributed by atoms with van der Waals surface area (Å²) in [6.45, 7) is -0.0360. The third-order valence-electron chi connectivity index (χ3n) is 1.83. The lowest BCUT2D eigenvalue weighted by atomic mass is 10.1. The van der Waals surface area contributed by atoms with Gasteiger partial charge in [0.15, 0.2) is 0 Å². The highest BCUT2D eigenvalue weighted by atomic mass is 16.4. The van der Waals surface area contributed by atoms with Crippen LogP contribution in [0.4, 0.5) is 0 Å². The standard InChI is InChI=1S/C10H12N2O3/c11-5-7-2-1-3-8(4-7)10(15)12-6-9(13)14/h1-4H,5-6,11H2,(H,12,15)(H,13,14). The second-order valence-electron chi connectivity index (χ2n) is 2.98. The fourth-order valence-electron chi connectivity index (χ4n) is 1.10. The minimum absolute atomic E-state index is 0.347. The van der Waals surface area contributed by atoms with E-state index in [1.54, 1.807) is 24.3 Å². The highest BCUT2D eigenvalue weighted by Gasteiger charge is 2.06. The summed E-state index contributed by atoms with van der Waals surface area (Å²) in [4.78, 5) is 21.6. The molecule has 5 nitrogen and oxygen atoms in total. The lowest BCUT2D eigenvalue weighted by Gasteiger charge is -2.03. The summed E-state index contributed by atoms with van der Waals surface area (Å²) in [6.07, 6.45) is 0. The lowest BCUT2D eigenvalue weighted by molar-refractivity contribution is -0.135. The predicted octanol–water partition coefficient (Wildman–Crippen LogP) is -0.0403. The number of rotatable bonds is 4. The van der Waals surface area contributed by atoms with Crippen molar-refractivity contribution in [2.24, 2.45) is 5.73 Å². The molecule has 0 spiro atoms. The van der Waals surface area contributed by atoms with E-state index in [1.807, 2.05) is 0 Å². The number of benzene rings is 1. The van der Waals surface area contributed by atoms with Crippen LogP contribution in [0, 0.1) is 0 Å². The van der Waals surface area contributed by atoms with Gasteiger partial charge in [-0.1, -0.05) is 12.1 Å². The van der Waals surface area contributed by atoms with E-state index in [9.17, 15) is 9.59 Å². The maximum Gasteiger partial charge on any atom is 0.322 e. The molecule has 4 N–H and O–H groups in total. The van der Waals surface area contributed by atoms with Crippen LogP contribution in [-0.4, -0.2) is 23.5 Å². The van der Waals surface area contributed by atoms with Gasteiger partial charge < -0.3 is 16.2 Å². The van der Waals surface area contributed by atoms with Crippen LogP contribution in [0.3, 0.4) is 0 Å². The molecule has 0 aliphatic carbocycles. The Labute approximate surface area is 86.9 Å². The Hall–Kier alpha value is -1.88. The van der Waals surface area contributed by atoms with E-state index < -0.39 is 11.9 Å². The molecule has 0 saturated heterocycles. The van der Waals surface area contributed by atoms with Crippen molar-refractivity contribution >= 4 is 11.9 Å². The number of aliphatic carboxylic acids is 1. The van der Waals surface area contributed by atoms with E-state index in [-0.39, 0.29) is 6.54 Å². The number of nitrogens with two attached hydrogens (primary N) is 1. The van der Waals surface area contributed by atoms with Gasteiger partial charge in [-0.25, -0.2) is 0 Å². The Bertz CT molecular complexity index is 377. The number of hydrogen-bond donors (Lipinski definition) is 3. The Morgan fingerprint density at radius 3 is 2.73 bits per heavy atom. The molecular formula is C10H12N2O3. The highest BCUT2D eigenvalue weighted by Crippen LogP contribution is 2.04. The molecule has 0 bridgehead atoms. The van der Waals surface area contributed by atoms with E-state index >= 15 is 0 Å². The summed E-state index contributed by atoms with van der Waals surface area (Å²) < 4.78 is 0. The second kappa shape index (κ2) is 5.11. The number of carbonyl (C=O) groups is 2. The first-order chi connectivity index (χ1) is 7.13. The van der Waals surface area contributed by atoms with E-state index in [2.05, 4.69) is 5.32 Å². The Morgan fingerprint density at radius 1 is 1.40 bits per heavy atom. The minimum Gasteiger partial charge on any atom is -0.480 e. The van der Waals surface area contributed by atoms with E-state index in [1.165, 1.54) is 0 Å². The van der Waals surface area contributed by atoms with Crippen LogP contribution in [0.1, 0.15) is 15.9 Å². The van der Waals surface area contributed by atoms with Crippen LogP contribution in [0.2, 0.25) is 0 Å². The smallest absolute Gasteiger partial charge is 0.322 e. The zero-order chi connectivity index (χ0) is 11.3. The summed E-state index contributed by atoms with van der Waals surface area (Å²) in [6, 6.07) is 6.75. The molecule has 0 saturated carbocycles. The van der Waals surface area contributed by atoms with Gasteiger partial charge in [0, 0.05) is 12.1 Å². The van der Waals surface area contributed by atoms with Gasteiger partial charge in [0.05, 0.1) is 0 Å². The van der Waals surface area contributed by atoms with Crippen LogP contribution in [-0.2, 0) is 11.3 Å². The summed E-state index contributed by atoms with van der Waals surface area (Å²) in [7, 11) is 0. The van der Waals surface area contributed by atoms with Gasteiger partial charge in [-0.05, 0) is 17.7 Å². The second-order valence-corrected chi connectivity index (χ2v) is 2.98. The summed E-state index contributed by atoms with van der Waals surface area (Å²) >= 11 is 0. The Balaban J connectivity index is 2.69. The summed E-state index contributed by atoms with van der Waals surface area (Å²) in [5.41, 5.74) is 6.66. The molecule has 0 aliphatic rings. The number of hydrogen-bond acceptors (Lipinski definition) is 3. The zero-order valence-electron chi connectivity index (χ0n) is 8.06. The van der Waals surface area contributed by atoms with Gasteiger partial charge in [-0.3, -0.25) is 9.59 Å². The molecule has 80 valence electrons. The number of amides is 1. The molecule has 0 heterocycles. The predicted molar refractivity (Wildman–Crippen MR) is 54.3 cm³/mol. The maximum atomic E-state index is 11.4. The van der Waals surface area contributed by atoms with Gasteiger partial charge in [0.2, 0.25) is 0 Å². The molecule has 0 radical (unpaired) electrons. The summed E-state index contributed by atoms with van der Waals surface area (Å²) in [5.74, 6) is -1.48. The maximum absolute atomic E-state index is 11.4. The van der Waals surface area contributed by atoms with Crippen LogP contribution in [0.5, 0.6) is 0 Å². The Kier molecular flexibility index (Phi) is 3.82. The highest BCUT2D eigenvalue weighted by molar-refractivity contribution is 5.95. The third-order valence-corrected chi connectivity index (χ3v) is 1.83. The van der Waals surface area contributed by atoms with Gasteiger partial charge in [0.25, 0.3) is 5.91 Å². The van der Waals surface area contributed by atoms with Crippen LogP contribution in [0.15, 0.2) is 24.3 Å². The lowest BCUT2D eigenvalue weighted by Crippen LogP contribution is -2.29. The van der Waals surface area contributed by atoms with Crippen molar-refractivity contribution in [2.75, 3.05) is 6.54 Å². The van der Waals surface area contributed by atoms with Crippen molar-refractivity contribution in [3.8, 4) is 0 Å². The van der Waals surface area contributed by atoms with Crippen molar-refractivity contribution in [3.63, 3.8) is 0 Å². The average molecular weight is 208 g/mol. The van der Waals surface area contributed by atoms with Crippen LogP contribution < -0.4 is 11.1 Å². The molecule has 1 aromatic rings. The third kappa shape index (κ3) is 3.40. The van der Waals surface area contributed by atoms with Crippen molar-refractivity contribution in [1.29, 1.82) is 0 Å². The summed E-state index contributed by atoms with van der Waals surface area (Å²) in [5, 5.41) is 10.6.